The Hall–Kier alpha value is -3.81. The maximum atomic E-state index is 13.4. The Morgan fingerprint density at radius 1 is 0.407 bits per heavy atom. The number of unbranched alkanes of at least 4 members (excludes halogenated alkanes) is 16. The van der Waals surface area contributed by atoms with Crippen molar-refractivity contribution in [3.8, 4) is 0 Å². The predicted octanol–water partition coefficient (Wildman–Crippen LogP) is 8.82. The number of hydrogen-bond donors (Lipinski definition) is 12. The molecule has 19 nitrogen and oxygen atoms in total. The zero-order valence-corrected chi connectivity index (χ0v) is 54.8. The minimum Gasteiger partial charge on any atom is -0.394 e. The van der Waals surface area contributed by atoms with Crippen molar-refractivity contribution in [3.05, 3.63) is 122 Å². The van der Waals surface area contributed by atoms with Crippen molar-refractivity contribution in [1.82, 2.24) is 5.32 Å². The van der Waals surface area contributed by atoms with Gasteiger partial charge < -0.3 is 89.9 Å². The van der Waals surface area contributed by atoms with Crippen LogP contribution in [-0.4, -0.2) is 193 Å². The SMILES string of the molecule is CC/C=C\C/C=C\C/C=C\C/C=C\C/C=C\C/C=C\C/C=C\C/C=C\CCCCC(=O)NC(COC1OC(CO)C(OC2OC(CO)C(OC3OC(CO)C(O)C(O)C3O)C(O)C2O)C(O)C1O)C(O)/C=C/CC/C=C/CCCCCCCCCCCCCCC. The molecule has 3 fully saturated rings. The molecular formula is C72H119NO18. The lowest BCUT2D eigenvalue weighted by molar-refractivity contribution is -0.379. The van der Waals surface area contributed by atoms with Crippen molar-refractivity contribution in [3.63, 3.8) is 0 Å². The molecule has 3 aliphatic heterocycles. The van der Waals surface area contributed by atoms with E-state index in [1.54, 1.807) is 6.08 Å². The van der Waals surface area contributed by atoms with Crippen LogP contribution in [-0.2, 0) is 33.2 Å². The van der Waals surface area contributed by atoms with Crippen LogP contribution >= 0.6 is 0 Å². The van der Waals surface area contributed by atoms with Crippen LogP contribution in [0, 0.1) is 0 Å². The fourth-order valence-corrected chi connectivity index (χ4v) is 10.7. The molecule has 3 aliphatic rings. The van der Waals surface area contributed by atoms with Crippen molar-refractivity contribution in [2.45, 2.75) is 298 Å². The van der Waals surface area contributed by atoms with Crippen LogP contribution in [0.25, 0.3) is 0 Å². The van der Waals surface area contributed by atoms with E-state index in [9.17, 15) is 61.0 Å². The number of hydrogen-bond acceptors (Lipinski definition) is 18. The van der Waals surface area contributed by atoms with Gasteiger partial charge >= 0.3 is 0 Å². The number of ether oxygens (including phenoxy) is 6. The zero-order valence-electron chi connectivity index (χ0n) is 54.8. The van der Waals surface area contributed by atoms with Gasteiger partial charge in [0.2, 0.25) is 5.91 Å². The lowest BCUT2D eigenvalue weighted by atomic mass is 9.96. The monoisotopic (exact) mass is 1290 g/mol. The Morgan fingerprint density at radius 3 is 1.23 bits per heavy atom. The number of carbonyl (C=O) groups is 1. The first-order valence-electron chi connectivity index (χ1n) is 34.3. The second kappa shape index (κ2) is 52.5. The van der Waals surface area contributed by atoms with Crippen molar-refractivity contribution in [1.29, 1.82) is 0 Å². The first kappa shape index (κ1) is 81.4. The summed E-state index contributed by atoms with van der Waals surface area (Å²) in [7, 11) is 0. The average molecular weight is 1290 g/mol. The molecule has 520 valence electrons. The van der Waals surface area contributed by atoms with Gasteiger partial charge in [0, 0.05) is 6.42 Å². The summed E-state index contributed by atoms with van der Waals surface area (Å²) in [5.74, 6) is -0.333. The number of carbonyl (C=O) groups excluding carboxylic acids is 1. The van der Waals surface area contributed by atoms with Crippen LogP contribution in [0.2, 0.25) is 0 Å². The van der Waals surface area contributed by atoms with Gasteiger partial charge in [-0.2, -0.15) is 0 Å². The van der Waals surface area contributed by atoms with Crippen molar-refractivity contribution in [2.75, 3.05) is 26.4 Å². The third-order valence-electron chi connectivity index (χ3n) is 16.2. The molecule has 3 saturated heterocycles. The number of rotatable bonds is 50. The van der Waals surface area contributed by atoms with Gasteiger partial charge in [0.05, 0.1) is 38.6 Å². The Morgan fingerprint density at radius 2 is 0.769 bits per heavy atom. The number of amides is 1. The quantitative estimate of drug-likeness (QED) is 0.0200. The fourth-order valence-electron chi connectivity index (χ4n) is 10.7. The van der Waals surface area contributed by atoms with Gasteiger partial charge in [-0.25, -0.2) is 0 Å². The second-order valence-electron chi connectivity index (χ2n) is 23.9. The third kappa shape index (κ3) is 34.4. The smallest absolute Gasteiger partial charge is 0.220 e. The molecule has 12 N–H and O–H groups in total. The summed E-state index contributed by atoms with van der Waals surface area (Å²) in [6, 6.07) is -1.02. The highest BCUT2D eigenvalue weighted by Gasteiger charge is 2.53. The van der Waals surface area contributed by atoms with Crippen molar-refractivity contribution >= 4 is 5.91 Å². The molecular weight excluding hydrogens is 1170 g/mol. The van der Waals surface area contributed by atoms with Gasteiger partial charge in [-0.1, -0.05) is 212 Å². The van der Waals surface area contributed by atoms with E-state index in [1.165, 1.54) is 77.0 Å². The summed E-state index contributed by atoms with van der Waals surface area (Å²) in [6.07, 6.45) is 44.6. The first-order valence-corrected chi connectivity index (χ1v) is 34.3. The van der Waals surface area contributed by atoms with Gasteiger partial charge in [-0.05, 0) is 96.3 Å². The fraction of sp³-hybridized carbons (Fsp3) is 0.708. The largest absolute Gasteiger partial charge is 0.394 e. The second-order valence-corrected chi connectivity index (χ2v) is 23.9. The minimum absolute atomic E-state index is 0.172. The van der Waals surface area contributed by atoms with E-state index in [0.29, 0.717) is 12.8 Å². The summed E-state index contributed by atoms with van der Waals surface area (Å²) >= 11 is 0. The molecule has 0 spiro atoms. The first-order chi connectivity index (χ1) is 44.3. The summed E-state index contributed by atoms with van der Waals surface area (Å²) in [4.78, 5) is 13.4. The normalized spacial score (nSPS) is 28.6. The summed E-state index contributed by atoms with van der Waals surface area (Å²) in [5, 5.41) is 120. The Labute approximate surface area is 544 Å². The van der Waals surface area contributed by atoms with Crippen LogP contribution < -0.4 is 5.32 Å². The molecule has 19 heteroatoms. The minimum atomic E-state index is -1.99. The molecule has 0 saturated carbocycles. The number of aliphatic hydroxyl groups excluding tert-OH is 11. The van der Waals surface area contributed by atoms with E-state index in [-0.39, 0.29) is 12.3 Å². The third-order valence-corrected chi connectivity index (χ3v) is 16.2. The maximum absolute atomic E-state index is 13.4. The number of aliphatic hydroxyl groups is 11. The van der Waals surface area contributed by atoms with Gasteiger partial charge in [0.1, 0.15) is 73.2 Å². The van der Waals surface area contributed by atoms with Crippen molar-refractivity contribution < 1.29 is 89.4 Å². The average Bonchev–Trinajstić information content (AvgIpc) is 0.885. The summed E-state index contributed by atoms with van der Waals surface area (Å²) in [6.45, 7) is 1.55. The lowest BCUT2D eigenvalue weighted by Gasteiger charge is -2.48. The van der Waals surface area contributed by atoms with Gasteiger partial charge in [-0.15, -0.1) is 0 Å². The molecule has 17 unspecified atom stereocenters. The van der Waals surface area contributed by atoms with E-state index in [1.807, 2.05) is 6.08 Å². The molecule has 0 radical (unpaired) electrons. The van der Waals surface area contributed by atoms with Gasteiger partial charge in [0.15, 0.2) is 18.9 Å². The van der Waals surface area contributed by atoms with Crippen LogP contribution in [0.15, 0.2) is 122 Å². The molecule has 17 atom stereocenters. The van der Waals surface area contributed by atoms with Crippen LogP contribution in [0.5, 0.6) is 0 Å². The van der Waals surface area contributed by atoms with Crippen molar-refractivity contribution in [2.24, 2.45) is 0 Å². The highest BCUT2D eigenvalue weighted by molar-refractivity contribution is 5.76. The predicted molar refractivity (Wildman–Crippen MR) is 355 cm³/mol. The molecule has 3 heterocycles. The Bertz CT molecular complexity index is 2120. The maximum Gasteiger partial charge on any atom is 0.220 e. The van der Waals surface area contributed by atoms with E-state index < -0.39 is 131 Å². The molecule has 0 aromatic rings. The van der Waals surface area contributed by atoms with E-state index >= 15 is 0 Å². The summed E-state index contributed by atoms with van der Waals surface area (Å²) in [5.41, 5.74) is 0. The summed E-state index contributed by atoms with van der Waals surface area (Å²) < 4.78 is 34.3. The molecule has 3 rings (SSSR count). The number of allylic oxidation sites excluding steroid dienone is 19. The zero-order chi connectivity index (χ0) is 66.1. The van der Waals surface area contributed by atoms with Crippen LogP contribution in [0.3, 0.4) is 0 Å². The Kier molecular flexibility index (Phi) is 46.9. The topological polar surface area (TPSA) is 307 Å². The molecule has 1 amide bonds. The standard InChI is InChI=1S/C72H119NO18/c1-3-5-7-9-11-13-15-17-19-21-23-24-25-26-27-28-29-30-32-34-36-38-40-42-44-46-48-50-60(78)73-55(56(77)49-47-45-43-41-39-37-35-33-31-22-20-18-16-14-12-10-8-6-4-2)54-86-70-66(84)63(81)68(58(52-75)88-70)91-72-67(85)64(82)69(59(53-76)89-72)90-71-65(83)62(80)61(79)57(51-74)87-71/h5,7,11,13,17,19,23-24,26-27,29-30,34,36,39-42,47,49,55-59,61-72,74-77,79-85H,3-4,6,8-10,12,14-16,18,20-22,25,28,31-33,35,37-38,43-46,48,50-54H2,1-2H3,(H,73,78)/b7-5-,13-11-,19-17-,24-23-,27-26-,30-29-,36-34-,41-39+,42-40-,49-47+. The number of nitrogens with one attached hydrogen (secondary N) is 1. The lowest BCUT2D eigenvalue weighted by Crippen LogP contribution is -2.66. The Balaban J connectivity index is 1.48. The molecule has 0 aromatic heterocycles. The highest BCUT2D eigenvalue weighted by Crippen LogP contribution is 2.33. The van der Waals surface area contributed by atoms with E-state index in [4.69, 9.17) is 28.4 Å². The van der Waals surface area contributed by atoms with Gasteiger partial charge in [0.25, 0.3) is 0 Å². The highest BCUT2D eigenvalue weighted by atomic mass is 16.8. The van der Waals surface area contributed by atoms with Crippen LogP contribution in [0.1, 0.15) is 194 Å². The van der Waals surface area contributed by atoms with Crippen LogP contribution in [0.4, 0.5) is 0 Å². The van der Waals surface area contributed by atoms with Gasteiger partial charge in [-0.3, -0.25) is 4.79 Å². The molecule has 0 bridgehead atoms. The van der Waals surface area contributed by atoms with E-state index in [2.05, 4.69) is 129 Å². The molecule has 0 aromatic carbocycles. The van der Waals surface area contributed by atoms with E-state index in [0.717, 1.165) is 83.5 Å². The molecule has 91 heavy (non-hydrogen) atoms. The molecule has 0 aliphatic carbocycles.